The lowest BCUT2D eigenvalue weighted by Gasteiger charge is -2.17. The van der Waals surface area contributed by atoms with Crippen LogP contribution in [0.15, 0.2) is 23.1 Å². The van der Waals surface area contributed by atoms with Gasteiger partial charge in [-0.05, 0) is 37.0 Å². The van der Waals surface area contributed by atoms with E-state index in [1.165, 1.54) is 0 Å². The lowest BCUT2D eigenvalue weighted by molar-refractivity contribution is -0.140. The van der Waals surface area contributed by atoms with E-state index in [9.17, 15) is 31.1 Å². The van der Waals surface area contributed by atoms with E-state index in [4.69, 9.17) is 0 Å². The van der Waals surface area contributed by atoms with E-state index in [0.29, 0.717) is 25.0 Å². The highest BCUT2D eigenvalue weighted by atomic mass is 32.2. The number of nitrogens with one attached hydrogen (secondary N) is 1. The van der Waals surface area contributed by atoms with Gasteiger partial charge in [-0.25, -0.2) is 17.5 Å². The van der Waals surface area contributed by atoms with Crippen LogP contribution in [-0.2, 0) is 16.2 Å². The van der Waals surface area contributed by atoms with Gasteiger partial charge in [0.1, 0.15) is 5.82 Å². The van der Waals surface area contributed by atoms with Crippen molar-refractivity contribution in [1.29, 1.82) is 0 Å². The van der Waals surface area contributed by atoms with Crippen molar-refractivity contribution >= 4 is 10.0 Å². The van der Waals surface area contributed by atoms with Crippen molar-refractivity contribution in [2.24, 2.45) is 5.92 Å². The van der Waals surface area contributed by atoms with E-state index in [-0.39, 0.29) is 18.5 Å². The fraction of sp³-hybridized carbons (Fsp3) is 0.538. The van der Waals surface area contributed by atoms with Crippen molar-refractivity contribution in [3.8, 4) is 0 Å². The van der Waals surface area contributed by atoms with Gasteiger partial charge in [0.25, 0.3) is 0 Å². The predicted octanol–water partition coefficient (Wildman–Crippen LogP) is 2.28. The smallest absolute Gasteiger partial charge is 0.393 e. The van der Waals surface area contributed by atoms with Crippen LogP contribution in [0.5, 0.6) is 0 Å². The summed E-state index contributed by atoms with van der Waals surface area (Å²) in [6.45, 7) is -0.155. The second kappa shape index (κ2) is 6.13. The highest BCUT2D eigenvalue weighted by Gasteiger charge is 2.38. The Balaban J connectivity index is 2.26. The van der Waals surface area contributed by atoms with Gasteiger partial charge in [0.2, 0.25) is 10.0 Å². The van der Waals surface area contributed by atoms with E-state index in [1.807, 2.05) is 0 Å². The molecule has 1 fully saturated rings. The zero-order chi connectivity index (χ0) is 16.5. The summed E-state index contributed by atoms with van der Waals surface area (Å²) in [5.41, 5.74) is -1.55. The average Bonchev–Trinajstić information content (AvgIpc) is 2.81. The summed E-state index contributed by atoms with van der Waals surface area (Å²) in [6, 6.07) is 1.40. The number of aliphatic hydroxyl groups is 1. The quantitative estimate of drug-likeness (QED) is 0.826. The lowest BCUT2D eigenvalue weighted by atomic mass is 10.1. The van der Waals surface area contributed by atoms with Crippen LogP contribution in [0.1, 0.15) is 24.8 Å². The van der Waals surface area contributed by atoms with Gasteiger partial charge < -0.3 is 5.11 Å². The minimum Gasteiger partial charge on any atom is -0.393 e. The van der Waals surface area contributed by atoms with Crippen molar-refractivity contribution < 1.29 is 31.1 Å². The Bertz CT molecular complexity index is 645. The molecule has 0 radical (unpaired) electrons. The highest BCUT2D eigenvalue weighted by molar-refractivity contribution is 7.89. The van der Waals surface area contributed by atoms with Crippen molar-refractivity contribution in [2.45, 2.75) is 36.4 Å². The van der Waals surface area contributed by atoms with Crippen LogP contribution in [-0.4, -0.2) is 26.2 Å². The summed E-state index contributed by atoms with van der Waals surface area (Å²) in [7, 11) is -4.45. The maximum Gasteiger partial charge on any atom is 0.417 e. The predicted molar refractivity (Wildman–Crippen MR) is 69.9 cm³/mol. The molecule has 0 spiro atoms. The van der Waals surface area contributed by atoms with Crippen molar-refractivity contribution in [3.05, 3.63) is 29.6 Å². The zero-order valence-electron chi connectivity index (χ0n) is 11.4. The number of hydrogen-bond donors (Lipinski definition) is 2. The number of hydrogen-bond acceptors (Lipinski definition) is 3. The molecule has 0 aromatic heterocycles. The minimum atomic E-state index is -4.99. The zero-order valence-corrected chi connectivity index (χ0v) is 12.2. The van der Waals surface area contributed by atoms with Gasteiger partial charge in [0.15, 0.2) is 0 Å². The number of aliphatic hydroxyl groups excluding tert-OH is 1. The van der Waals surface area contributed by atoms with Crippen LogP contribution in [0, 0.1) is 11.7 Å². The maximum atomic E-state index is 13.0. The molecule has 0 unspecified atom stereocenters. The van der Waals surface area contributed by atoms with Gasteiger partial charge >= 0.3 is 6.18 Å². The number of alkyl halides is 3. The molecule has 0 aliphatic heterocycles. The summed E-state index contributed by atoms with van der Waals surface area (Å²) in [5.74, 6) is -1.50. The first kappa shape index (κ1) is 17.2. The summed E-state index contributed by atoms with van der Waals surface area (Å²) in [5, 5.41) is 9.61. The Kier molecular flexibility index (Phi) is 4.78. The molecular formula is C13H15F4NO3S. The number of halogens is 4. The first-order chi connectivity index (χ1) is 10.1. The lowest BCUT2D eigenvalue weighted by Crippen LogP contribution is -2.33. The van der Waals surface area contributed by atoms with Crippen LogP contribution in [0.2, 0.25) is 0 Å². The first-order valence-electron chi connectivity index (χ1n) is 6.66. The molecule has 1 aliphatic carbocycles. The third-order valence-corrected chi connectivity index (χ3v) is 5.17. The SMILES string of the molecule is O=S(=O)(NC[C@@H]1CCC[C@H]1O)c1ccc(F)cc1C(F)(F)F. The molecule has 1 aromatic carbocycles. The maximum absolute atomic E-state index is 13.0. The van der Waals surface area contributed by atoms with Gasteiger partial charge in [0.05, 0.1) is 16.6 Å². The molecule has 0 saturated heterocycles. The number of benzene rings is 1. The molecule has 9 heteroatoms. The van der Waals surface area contributed by atoms with Crippen molar-refractivity contribution in [2.75, 3.05) is 6.54 Å². The molecule has 4 nitrogen and oxygen atoms in total. The summed E-state index contributed by atoms with van der Waals surface area (Å²) in [6.07, 6.45) is -3.79. The minimum absolute atomic E-state index is 0.152. The van der Waals surface area contributed by atoms with Crippen LogP contribution < -0.4 is 4.72 Å². The summed E-state index contributed by atoms with van der Waals surface area (Å²) < 4.78 is 77.8. The van der Waals surface area contributed by atoms with E-state index in [0.717, 1.165) is 6.42 Å². The van der Waals surface area contributed by atoms with Crippen molar-refractivity contribution in [3.63, 3.8) is 0 Å². The fourth-order valence-electron chi connectivity index (χ4n) is 2.51. The topological polar surface area (TPSA) is 66.4 Å². The average molecular weight is 341 g/mol. The van der Waals surface area contributed by atoms with Gasteiger partial charge in [-0.15, -0.1) is 0 Å². The van der Waals surface area contributed by atoms with Gasteiger partial charge in [0, 0.05) is 6.54 Å². The Morgan fingerprint density at radius 1 is 1.27 bits per heavy atom. The largest absolute Gasteiger partial charge is 0.417 e. The molecule has 1 saturated carbocycles. The van der Waals surface area contributed by atoms with E-state index in [1.54, 1.807) is 0 Å². The van der Waals surface area contributed by atoms with Crippen molar-refractivity contribution in [1.82, 2.24) is 4.72 Å². The summed E-state index contributed by atoms with van der Waals surface area (Å²) >= 11 is 0. The fourth-order valence-corrected chi connectivity index (χ4v) is 3.81. The monoisotopic (exact) mass is 341 g/mol. The molecule has 0 heterocycles. The second-order valence-corrected chi connectivity index (χ2v) is 6.98. The van der Waals surface area contributed by atoms with Gasteiger partial charge in [-0.3, -0.25) is 0 Å². The molecule has 124 valence electrons. The number of sulfonamides is 1. The molecule has 0 bridgehead atoms. The molecule has 1 aliphatic rings. The molecule has 2 rings (SSSR count). The number of rotatable bonds is 4. The van der Waals surface area contributed by atoms with E-state index in [2.05, 4.69) is 4.72 Å². The Labute approximate surface area is 125 Å². The molecule has 2 atom stereocenters. The van der Waals surface area contributed by atoms with E-state index >= 15 is 0 Å². The Morgan fingerprint density at radius 3 is 2.50 bits per heavy atom. The molecule has 0 amide bonds. The first-order valence-corrected chi connectivity index (χ1v) is 8.14. The second-order valence-electron chi connectivity index (χ2n) is 5.25. The Morgan fingerprint density at radius 2 is 1.95 bits per heavy atom. The summed E-state index contributed by atoms with van der Waals surface area (Å²) in [4.78, 5) is -1.02. The normalized spacial score (nSPS) is 23.0. The van der Waals surface area contributed by atoms with E-state index < -0.39 is 38.6 Å². The van der Waals surface area contributed by atoms with Gasteiger partial charge in [-0.1, -0.05) is 6.42 Å². The molecule has 22 heavy (non-hydrogen) atoms. The Hall–Kier alpha value is -1.19. The third-order valence-electron chi connectivity index (χ3n) is 3.69. The third kappa shape index (κ3) is 3.76. The van der Waals surface area contributed by atoms with Crippen LogP contribution in [0.3, 0.4) is 0 Å². The molecule has 1 aromatic rings. The standard InChI is InChI=1S/C13H15F4NO3S/c14-9-4-5-12(10(6-9)13(15,16)17)22(20,21)18-7-8-2-1-3-11(8)19/h4-6,8,11,18-19H,1-3,7H2/t8-,11+/m0/s1. The highest BCUT2D eigenvalue weighted by Crippen LogP contribution is 2.34. The molecule has 2 N–H and O–H groups in total. The van der Waals surface area contributed by atoms with Crippen LogP contribution in [0.4, 0.5) is 17.6 Å². The van der Waals surface area contributed by atoms with Crippen LogP contribution in [0.25, 0.3) is 0 Å². The molecular weight excluding hydrogens is 326 g/mol. The van der Waals surface area contributed by atoms with Gasteiger partial charge in [-0.2, -0.15) is 13.2 Å². The van der Waals surface area contributed by atoms with Crippen LogP contribution >= 0.6 is 0 Å².